The van der Waals surface area contributed by atoms with Crippen LogP contribution in [0.1, 0.15) is 33.6 Å². The highest BCUT2D eigenvalue weighted by atomic mass is 16.6. The summed E-state index contributed by atoms with van der Waals surface area (Å²) in [5, 5.41) is 3.05. The lowest BCUT2D eigenvalue weighted by Gasteiger charge is -2.32. The van der Waals surface area contributed by atoms with Gasteiger partial charge >= 0.3 is 6.09 Å². The number of rotatable bonds is 6. The number of likely N-dealkylation sites (tertiary alicyclic amines) is 1. The van der Waals surface area contributed by atoms with Gasteiger partial charge in [0.15, 0.2) is 0 Å². The van der Waals surface area contributed by atoms with Crippen LogP contribution < -0.4 is 5.32 Å². The zero-order chi connectivity index (χ0) is 15.0. The highest BCUT2D eigenvalue weighted by Crippen LogP contribution is 2.11. The molecule has 20 heavy (non-hydrogen) atoms. The van der Waals surface area contributed by atoms with E-state index in [1.165, 1.54) is 0 Å². The number of hydrogen-bond donors (Lipinski definition) is 1. The van der Waals surface area contributed by atoms with Gasteiger partial charge in [-0.3, -0.25) is 9.69 Å². The second kappa shape index (κ2) is 8.79. The van der Waals surface area contributed by atoms with Crippen LogP contribution in [0.3, 0.4) is 0 Å². The summed E-state index contributed by atoms with van der Waals surface area (Å²) in [4.78, 5) is 27.3. The molecule has 6 heteroatoms. The summed E-state index contributed by atoms with van der Waals surface area (Å²) >= 11 is 0. The largest absolute Gasteiger partial charge is 0.450 e. The molecule has 116 valence electrons. The van der Waals surface area contributed by atoms with Crippen molar-refractivity contribution < 1.29 is 14.3 Å². The van der Waals surface area contributed by atoms with Gasteiger partial charge in [-0.2, -0.15) is 0 Å². The molecule has 1 fully saturated rings. The van der Waals surface area contributed by atoms with Crippen molar-refractivity contribution in [2.45, 2.75) is 39.7 Å². The van der Waals surface area contributed by atoms with Crippen molar-refractivity contribution in [1.29, 1.82) is 0 Å². The normalized spacial score (nSPS) is 16.3. The summed E-state index contributed by atoms with van der Waals surface area (Å²) in [6.45, 7) is 9.81. The van der Waals surface area contributed by atoms with E-state index >= 15 is 0 Å². The molecule has 0 bridgehead atoms. The van der Waals surface area contributed by atoms with Gasteiger partial charge in [-0.1, -0.05) is 13.8 Å². The van der Waals surface area contributed by atoms with Crippen molar-refractivity contribution in [3.8, 4) is 0 Å². The number of likely N-dealkylation sites (N-methyl/N-ethyl adjacent to an activating group) is 1. The second-order valence-corrected chi connectivity index (χ2v) is 4.99. The zero-order valence-electron chi connectivity index (χ0n) is 12.9. The van der Waals surface area contributed by atoms with Crippen LogP contribution in [-0.2, 0) is 9.53 Å². The Morgan fingerprint density at radius 2 is 1.80 bits per heavy atom. The molecule has 0 radical (unpaired) electrons. The smallest absolute Gasteiger partial charge is 0.409 e. The van der Waals surface area contributed by atoms with Crippen LogP contribution >= 0.6 is 0 Å². The predicted molar refractivity (Wildman–Crippen MR) is 77.5 cm³/mol. The number of amides is 2. The molecule has 1 rings (SSSR count). The molecule has 0 saturated carbocycles. The van der Waals surface area contributed by atoms with Crippen molar-refractivity contribution in [1.82, 2.24) is 15.1 Å². The molecular weight excluding hydrogens is 258 g/mol. The molecule has 6 nitrogen and oxygen atoms in total. The molecule has 0 aliphatic carbocycles. The van der Waals surface area contributed by atoms with Gasteiger partial charge in [0.2, 0.25) is 5.91 Å². The van der Waals surface area contributed by atoms with Gasteiger partial charge in [0.1, 0.15) is 0 Å². The molecule has 0 aromatic rings. The summed E-state index contributed by atoms with van der Waals surface area (Å²) < 4.78 is 4.97. The maximum Gasteiger partial charge on any atom is 0.409 e. The summed E-state index contributed by atoms with van der Waals surface area (Å²) in [5.74, 6) is 0.0725. The second-order valence-electron chi connectivity index (χ2n) is 4.99. The van der Waals surface area contributed by atoms with Crippen LogP contribution in [-0.4, -0.2) is 67.2 Å². The molecule has 2 amide bonds. The van der Waals surface area contributed by atoms with Gasteiger partial charge in [-0.15, -0.1) is 0 Å². The molecule has 1 aliphatic heterocycles. The maximum atomic E-state index is 11.9. The predicted octanol–water partition coefficient (Wildman–Crippen LogP) is 1.07. The topological polar surface area (TPSA) is 61.9 Å². The minimum absolute atomic E-state index is 0.0725. The maximum absolute atomic E-state index is 11.9. The molecule has 0 atom stereocenters. The lowest BCUT2D eigenvalue weighted by Crippen LogP contribution is -2.48. The number of nitrogens with one attached hydrogen (secondary N) is 1. The summed E-state index contributed by atoms with van der Waals surface area (Å²) in [6, 6.07) is 0.170. The number of piperidine rings is 1. The average Bonchev–Trinajstić information content (AvgIpc) is 2.45. The van der Waals surface area contributed by atoms with E-state index in [0.29, 0.717) is 26.2 Å². The van der Waals surface area contributed by atoms with Crippen molar-refractivity contribution in [3.05, 3.63) is 0 Å². The Morgan fingerprint density at radius 3 is 2.30 bits per heavy atom. The first-order valence-corrected chi connectivity index (χ1v) is 7.54. The first-order chi connectivity index (χ1) is 9.60. The van der Waals surface area contributed by atoms with E-state index < -0.39 is 0 Å². The van der Waals surface area contributed by atoms with Gasteiger partial charge < -0.3 is 15.0 Å². The van der Waals surface area contributed by atoms with Gasteiger partial charge in [0.05, 0.1) is 13.2 Å². The van der Waals surface area contributed by atoms with E-state index in [4.69, 9.17) is 4.74 Å². The Hall–Kier alpha value is -1.30. The monoisotopic (exact) mass is 285 g/mol. The van der Waals surface area contributed by atoms with E-state index in [9.17, 15) is 9.59 Å². The molecule has 1 N–H and O–H groups in total. The zero-order valence-corrected chi connectivity index (χ0v) is 12.9. The van der Waals surface area contributed by atoms with Crippen LogP contribution in [0, 0.1) is 0 Å². The number of hydrogen-bond acceptors (Lipinski definition) is 4. The van der Waals surface area contributed by atoms with Crippen LogP contribution in [0.15, 0.2) is 0 Å². The average molecular weight is 285 g/mol. The Bertz CT molecular complexity index is 311. The van der Waals surface area contributed by atoms with Crippen LogP contribution in [0.4, 0.5) is 4.79 Å². The molecule has 0 unspecified atom stereocenters. The van der Waals surface area contributed by atoms with E-state index in [1.807, 2.05) is 0 Å². The number of ether oxygens (including phenoxy) is 1. The minimum atomic E-state index is -0.250. The van der Waals surface area contributed by atoms with E-state index in [1.54, 1.807) is 11.8 Å². The van der Waals surface area contributed by atoms with Crippen LogP contribution in [0.5, 0.6) is 0 Å². The fourth-order valence-corrected chi connectivity index (χ4v) is 2.34. The Kier molecular flexibility index (Phi) is 7.36. The van der Waals surface area contributed by atoms with Crippen molar-refractivity contribution >= 4 is 12.0 Å². The highest BCUT2D eigenvalue weighted by Gasteiger charge is 2.24. The fourth-order valence-electron chi connectivity index (χ4n) is 2.34. The lowest BCUT2D eigenvalue weighted by molar-refractivity contribution is -0.123. The first kappa shape index (κ1) is 16.8. The third-order valence-corrected chi connectivity index (χ3v) is 3.65. The molecule has 0 aromatic carbocycles. The van der Waals surface area contributed by atoms with Crippen molar-refractivity contribution in [2.75, 3.05) is 39.3 Å². The van der Waals surface area contributed by atoms with Crippen molar-refractivity contribution in [3.63, 3.8) is 0 Å². The summed E-state index contributed by atoms with van der Waals surface area (Å²) in [7, 11) is 0. The third-order valence-electron chi connectivity index (χ3n) is 3.65. The molecular formula is C14H27N3O3. The van der Waals surface area contributed by atoms with E-state index in [-0.39, 0.29) is 18.0 Å². The Labute approximate surface area is 121 Å². The Morgan fingerprint density at radius 1 is 1.20 bits per heavy atom. The van der Waals surface area contributed by atoms with Crippen molar-refractivity contribution in [2.24, 2.45) is 0 Å². The van der Waals surface area contributed by atoms with Gasteiger partial charge in [0.25, 0.3) is 0 Å². The standard InChI is InChI=1S/C14H27N3O3/c1-4-16(5-2)11-13(18)15-12-7-9-17(10-8-12)14(19)20-6-3/h12H,4-11H2,1-3H3,(H,15,18). The molecule has 0 aromatic heterocycles. The molecule has 0 spiro atoms. The molecule has 1 aliphatic rings. The molecule has 1 saturated heterocycles. The SMILES string of the molecule is CCOC(=O)N1CCC(NC(=O)CN(CC)CC)CC1. The van der Waals surface area contributed by atoms with Crippen LogP contribution in [0.2, 0.25) is 0 Å². The Balaban J connectivity index is 2.28. The van der Waals surface area contributed by atoms with Crippen LogP contribution in [0.25, 0.3) is 0 Å². The number of carbonyl (C=O) groups is 2. The van der Waals surface area contributed by atoms with E-state index in [0.717, 1.165) is 25.9 Å². The lowest BCUT2D eigenvalue weighted by atomic mass is 10.1. The third kappa shape index (κ3) is 5.36. The highest BCUT2D eigenvalue weighted by molar-refractivity contribution is 5.78. The number of nitrogens with zero attached hydrogens (tertiary/aromatic N) is 2. The van der Waals surface area contributed by atoms with Gasteiger partial charge in [0, 0.05) is 19.1 Å². The van der Waals surface area contributed by atoms with E-state index in [2.05, 4.69) is 24.1 Å². The number of carbonyl (C=O) groups excluding carboxylic acids is 2. The minimum Gasteiger partial charge on any atom is -0.450 e. The summed E-state index contributed by atoms with van der Waals surface area (Å²) in [5.41, 5.74) is 0. The summed E-state index contributed by atoms with van der Waals surface area (Å²) in [6.07, 6.45) is 1.34. The quantitative estimate of drug-likeness (QED) is 0.793. The first-order valence-electron chi connectivity index (χ1n) is 7.54. The van der Waals surface area contributed by atoms with Gasteiger partial charge in [-0.05, 0) is 32.9 Å². The molecule has 1 heterocycles. The fraction of sp³-hybridized carbons (Fsp3) is 0.857. The van der Waals surface area contributed by atoms with Gasteiger partial charge in [-0.25, -0.2) is 4.79 Å².